The first kappa shape index (κ1) is 19.7. The smallest absolute Gasteiger partial charge is 0.302 e. The first-order chi connectivity index (χ1) is 14.2. The van der Waals surface area contributed by atoms with Crippen LogP contribution >= 0.6 is 0 Å². The summed E-state index contributed by atoms with van der Waals surface area (Å²) in [5.74, 6) is -4.17. The number of rotatable bonds is 2. The molecule has 2 atom stereocenters. The molecule has 1 heterocycles. The van der Waals surface area contributed by atoms with Crippen molar-refractivity contribution >= 4 is 17.5 Å². The zero-order valence-electron chi connectivity index (χ0n) is 15.8. The van der Waals surface area contributed by atoms with Crippen molar-refractivity contribution in [3.63, 3.8) is 0 Å². The Morgan fingerprint density at radius 1 is 1.00 bits per heavy atom. The van der Waals surface area contributed by atoms with Crippen molar-refractivity contribution in [3.05, 3.63) is 46.0 Å². The minimum absolute atomic E-state index is 0.103. The Morgan fingerprint density at radius 2 is 1.70 bits per heavy atom. The van der Waals surface area contributed by atoms with Gasteiger partial charge in [-0.2, -0.15) is 0 Å². The van der Waals surface area contributed by atoms with E-state index in [1.54, 1.807) is 0 Å². The van der Waals surface area contributed by atoms with Gasteiger partial charge in [0.25, 0.3) is 0 Å². The predicted octanol–water partition coefficient (Wildman–Crippen LogP) is 2.07. The van der Waals surface area contributed by atoms with Crippen molar-refractivity contribution in [2.75, 3.05) is 6.61 Å². The van der Waals surface area contributed by atoms with E-state index in [9.17, 15) is 34.8 Å². The lowest BCUT2D eigenvalue weighted by Gasteiger charge is -2.31. The molecule has 0 unspecified atom stereocenters. The molecule has 4 N–H and O–H groups in total. The molecule has 2 aromatic carbocycles. The van der Waals surface area contributed by atoms with E-state index >= 15 is 0 Å². The van der Waals surface area contributed by atoms with Gasteiger partial charge < -0.3 is 29.9 Å². The Bertz CT molecular complexity index is 1100. The zero-order valence-corrected chi connectivity index (χ0v) is 15.8. The molecule has 0 saturated carbocycles. The lowest BCUT2D eigenvalue weighted by atomic mass is 9.80. The molecule has 0 amide bonds. The molecule has 2 aliphatic rings. The number of aromatic hydroxyl groups is 4. The molecule has 0 aromatic heterocycles. The van der Waals surface area contributed by atoms with Gasteiger partial charge in [0, 0.05) is 37.0 Å². The summed E-state index contributed by atoms with van der Waals surface area (Å²) in [6.45, 7) is 1.46. The van der Waals surface area contributed by atoms with Crippen molar-refractivity contribution in [2.24, 2.45) is 0 Å². The van der Waals surface area contributed by atoms with Gasteiger partial charge in [-0.1, -0.05) is 0 Å². The van der Waals surface area contributed by atoms with Gasteiger partial charge in [-0.05, 0) is 12.1 Å². The van der Waals surface area contributed by atoms with Crippen LogP contribution in [-0.2, 0) is 14.3 Å². The van der Waals surface area contributed by atoms with Gasteiger partial charge in [-0.15, -0.1) is 0 Å². The molecule has 0 spiro atoms. The maximum atomic E-state index is 13.0. The highest BCUT2D eigenvalue weighted by atomic mass is 16.6. The van der Waals surface area contributed by atoms with Crippen LogP contribution in [0.4, 0.5) is 0 Å². The number of benzene rings is 2. The second kappa shape index (κ2) is 7.03. The molecule has 9 nitrogen and oxygen atoms in total. The van der Waals surface area contributed by atoms with Gasteiger partial charge in [-0.25, -0.2) is 0 Å². The van der Waals surface area contributed by atoms with Crippen LogP contribution in [0.3, 0.4) is 0 Å². The number of esters is 1. The summed E-state index contributed by atoms with van der Waals surface area (Å²) >= 11 is 0. The number of phenols is 4. The van der Waals surface area contributed by atoms with Crippen LogP contribution in [-0.4, -0.2) is 50.7 Å². The van der Waals surface area contributed by atoms with E-state index < -0.39 is 52.7 Å². The number of fused-ring (bicyclic) bond motifs is 2. The van der Waals surface area contributed by atoms with Gasteiger partial charge in [0.15, 0.2) is 5.78 Å². The molecular formula is C21H18O9. The summed E-state index contributed by atoms with van der Waals surface area (Å²) in [6.07, 6.45) is -0.811. The Kier molecular flexibility index (Phi) is 4.62. The van der Waals surface area contributed by atoms with Crippen LogP contribution < -0.4 is 0 Å². The van der Waals surface area contributed by atoms with E-state index in [0.717, 1.165) is 18.2 Å². The van der Waals surface area contributed by atoms with Crippen LogP contribution in [0.15, 0.2) is 18.2 Å². The van der Waals surface area contributed by atoms with Crippen molar-refractivity contribution < 1.29 is 44.3 Å². The molecule has 0 bridgehead atoms. The van der Waals surface area contributed by atoms with Crippen molar-refractivity contribution in [2.45, 2.75) is 32.0 Å². The zero-order chi connectivity index (χ0) is 21.7. The SMILES string of the molecule is CC(=O)O[C@@H]1CCO[C@H](c2c(O)cc3c(c2O)C(=O)c2c(O)cc(O)cc2C3=O)C1. The van der Waals surface area contributed by atoms with Gasteiger partial charge >= 0.3 is 5.97 Å². The molecular weight excluding hydrogens is 396 g/mol. The summed E-state index contributed by atoms with van der Waals surface area (Å²) in [6, 6.07) is 3.00. The first-order valence-corrected chi connectivity index (χ1v) is 9.22. The molecule has 1 saturated heterocycles. The number of hydrogen-bond acceptors (Lipinski definition) is 9. The van der Waals surface area contributed by atoms with Crippen LogP contribution in [0.5, 0.6) is 23.0 Å². The van der Waals surface area contributed by atoms with Gasteiger partial charge in [0.1, 0.15) is 29.1 Å². The first-order valence-electron chi connectivity index (χ1n) is 9.22. The number of hydrogen-bond donors (Lipinski definition) is 4. The normalized spacial score (nSPS) is 20.4. The summed E-state index contributed by atoms with van der Waals surface area (Å²) < 4.78 is 10.8. The van der Waals surface area contributed by atoms with Gasteiger partial charge in [0.2, 0.25) is 5.78 Å². The summed E-state index contributed by atoms with van der Waals surface area (Å²) in [5, 5.41) is 41.1. The average molecular weight is 414 g/mol. The lowest BCUT2D eigenvalue weighted by Crippen LogP contribution is -2.28. The molecule has 30 heavy (non-hydrogen) atoms. The minimum Gasteiger partial charge on any atom is -0.508 e. The Balaban J connectivity index is 1.82. The summed E-state index contributed by atoms with van der Waals surface area (Å²) in [5.41, 5.74) is -1.32. The van der Waals surface area contributed by atoms with E-state index in [1.807, 2.05) is 0 Å². The number of carbonyl (C=O) groups is 3. The molecule has 4 rings (SSSR count). The highest BCUT2D eigenvalue weighted by Crippen LogP contribution is 2.47. The van der Waals surface area contributed by atoms with Gasteiger partial charge in [-0.3, -0.25) is 14.4 Å². The fourth-order valence-corrected chi connectivity index (χ4v) is 4.01. The third kappa shape index (κ3) is 3.03. The van der Waals surface area contributed by atoms with E-state index in [0.29, 0.717) is 6.42 Å². The Morgan fingerprint density at radius 3 is 2.40 bits per heavy atom. The molecule has 2 aromatic rings. The van der Waals surface area contributed by atoms with Crippen LogP contribution in [0.25, 0.3) is 0 Å². The number of ketones is 2. The van der Waals surface area contributed by atoms with Gasteiger partial charge in [0.05, 0.1) is 29.4 Å². The third-order valence-corrected chi connectivity index (χ3v) is 5.25. The van der Waals surface area contributed by atoms with Crippen LogP contribution in [0.2, 0.25) is 0 Å². The quantitative estimate of drug-likeness (QED) is 0.462. The third-order valence-electron chi connectivity index (χ3n) is 5.25. The monoisotopic (exact) mass is 414 g/mol. The average Bonchev–Trinajstić information content (AvgIpc) is 2.65. The van der Waals surface area contributed by atoms with Crippen molar-refractivity contribution in [1.82, 2.24) is 0 Å². The molecule has 1 aliphatic carbocycles. The fourth-order valence-electron chi connectivity index (χ4n) is 4.01. The number of phenolic OH excluding ortho intramolecular Hbond substituents is 4. The Labute approximate surface area is 170 Å². The number of ether oxygens (including phenoxy) is 2. The molecule has 9 heteroatoms. The Hall–Kier alpha value is -3.59. The second-order valence-corrected chi connectivity index (χ2v) is 7.24. The largest absolute Gasteiger partial charge is 0.508 e. The van der Waals surface area contributed by atoms with E-state index in [2.05, 4.69) is 0 Å². The second-order valence-electron chi connectivity index (χ2n) is 7.24. The minimum atomic E-state index is -0.883. The standard InChI is InChI=1S/C21H18O9/c1-8(22)30-10-2-3-29-15(6-10)18-14(25)7-12-17(21(18)28)20(27)16-11(19(12)26)4-9(23)5-13(16)24/h4-5,7,10,15,23-25,28H,2-3,6H2,1H3/t10-,15+/m1/s1. The molecule has 1 aliphatic heterocycles. The molecule has 156 valence electrons. The van der Waals surface area contributed by atoms with Crippen molar-refractivity contribution in [3.8, 4) is 23.0 Å². The van der Waals surface area contributed by atoms with Crippen molar-refractivity contribution in [1.29, 1.82) is 0 Å². The topological polar surface area (TPSA) is 151 Å². The van der Waals surface area contributed by atoms with Crippen LogP contribution in [0.1, 0.15) is 63.3 Å². The van der Waals surface area contributed by atoms with Crippen LogP contribution in [0, 0.1) is 0 Å². The summed E-state index contributed by atoms with van der Waals surface area (Å²) in [4.78, 5) is 37.1. The fraction of sp³-hybridized carbons (Fsp3) is 0.286. The molecule has 0 radical (unpaired) electrons. The lowest BCUT2D eigenvalue weighted by molar-refractivity contribution is -0.153. The van der Waals surface area contributed by atoms with E-state index in [4.69, 9.17) is 9.47 Å². The maximum absolute atomic E-state index is 13.0. The summed E-state index contributed by atoms with van der Waals surface area (Å²) in [7, 11) is 0. The number of carbonyl (C=O) groups excluding carboxylic acids is 3. The van der Waals surface area contributed by atoms with E-state index in [-0.39, 0.29) is 40.8 Å². The highest BCUT2D eigenvalue weighted by Gasteiger charge is 2.39. The molecule has 1 fully saturated rings. The predicted molar refractivity (Wildman–Crippen MR) is 99.9 cm³/mol. The highest BCUT2D eigenvalue weighted by molar-refractivity contribution is 6.30. The maximum Gasteiger partial charge on any atom is 0.302 e. The van der Waals surface area contributed by atoms with E-state index in [1.165, 1.54) is 6.92 Å².